The van der Waals surface area contributed by atoms with Gasteiger partial charge in [-0.1, -0.05) is 13.8 Å². The summed E-state index contributed by atoms with van der Waals surface area (Å²) in [6.07, 6.45) is -0.554. The average molecular weight is 491 g/mol. The molecule has 3 saturated heterocycles. The van der Waals surface area contributed by atoms with Crippen LogP contribution in [0.2, 0.25) is 0 Å². The van der Waals surface area contributed by atoms with Crippen LogP contribution in [0.3, 0.4) is 0 Å². The molecule has 9 nitrogen and oxygen atoms in total. The number of carbonyl (C=O) groups excluding carboxylic acids is 3. The van der Waals surface area contributed by atoms with Gasteiger partial charge in [-0.3, -0.25) is 4.79 Å². The van der Waals surface area contributed by atoms with Gasteiger partial charge in [0.15, 0.2) is 11.9 Å². The lowest BCUT2D eigenvalue weighted by Crippen LogP contribution is -2.73. The van der Waals surface area contributed by atoms with Crippen molar-refractivity contribution in [3.05, 3.63) is 11.6 Å². The lowest BCUT2D eigenvalue weighted by Gasteiger charge is -2.65. The molecule has 2 saturated carbocycles. The molecule has 1 N–H and O–H groups in total. The van der Waals surface area contributed by atoms with Crippen LogP contribution < -0.4 is 0 Å². The normalized spacial score (nSPS) is 55.7. The molecule has 4 aliphatic heterocycles. The smallest absolute Gasteiger partial charge is 0.340 e. The van der Waals surface area contributed by atoms with E-state index < -0.39 is 63.7 Å². The summed E-state index contributed by atoms with van der Waals surface area (Å²) in [5, 5.41) is 9.90. The van der Waals surface area contributed by atoms with E-state index in [1.165, 1.54) is 6.08 Å². The predicted octanol–water partition coefficient (Wildman–Crippen LogP) is 2.04. The van der Waals surface area contributed by atoms with E-state index in [1.807, 2.05) is 34.6 Å². The number of methoxy groups -OCH3 is 1. The van der Waals surface area contributed by atoms with Gasteiger partial charge >= 0.3 is 11.9 Å². The van der Waals surface area contributed by atoms with Crippen LogP contribution in [0.15, 0.2) is 11.6 Å². The first-order chi connectivity index (χ1) is 16.1. The largest absolute Gasteiger partial charge is 0.454 e. The molecule has 0 aromatic rings. The zero-order valence-corrected chi connectivity index (χ0v) is 21.3. The Balaban J connectivity index is 1.53. The van der Waals surface area contributed by atoms with Crippen molar-refractivity contribution in [2.24, 2.45) is 28.1 Å². The number of ketones is 1. The van der Waals surface area contributed by atoms with Gasteiger partial charge in [0.2, 0.25) is 6.29 Å². The molecule has 35 heavy (non-hydrogen) atoms. The van der Waals surface area contributed by atoms with Crippen molar-refractivity contribution in [2.45, 2.75) is 96.3 Å². The first-order valence-corrected chi connectivity index (χ1v) is 12.4. The second-order valence-corrected chi connectivity index (χ2v) is 12.5. The van der Waals surface area contributed by atoms with Gasteiger partial charge in [-0.05, 0) is 52.5 Å². The number of fused-ring (bicyclic) bond motifs is 3. The molecule has 9 heteroatoms. The fraction of sp³-hybridized carbons (Fsp3) is 0.808. The van der Waals surface area contributed by atoms with Crippen LogP contribution in [0.4, 0.5) is 0 Å². The summed E-state index contributed by atoms with van der Waals surface area (Å²) in [7, 11) is 1.64. The van der Waals surface area contributed by atoms with Crippen molar-refractivity contribution in [2.75, 3.05) is 7.11 Å². The number of hydrogen-bond donors (Lipinski definition) is 1. The lowest BCUT2D eigenvalue weighted by atomic mass is 9.37. The molecule has 6 rings (SSSR count). The minimum Gasteiger partial charge on any atom is -0.454 e. The van der Waals surface area contributed by atoms with Crippen molar-refractivity contribution in [1.82, 2.24) is 0 Å². The number of aliphatic hydroxyl groups excluding tert-OH is 1. The van der Waals surface area contributed by atoms with Gasteiger partial charge in [0.05, 0.1) is 16.6 Å². The number of ether oxygens (including phenoxy) is 5. The third-order valence-electron chi connectivity index (χ3n) is 11.1. The summed E-state index contributed by atoms with van der Waals surface area (Å²) in [6.45, 7) is 12.0. The number of epoxide rings is 1. The summed E-state index contributed by atoms with van der Waals surface area (Å²) in [5.41, 5.74) is -4.09. The van der Waals surface area contributed by atoms with Crippen molar-refractivity contribution in [3.8, 4) is 0 Å². The van der Waals surface area contributed by atoms with Gasteiger partial charge in [-0.15, -0.1) is 0 Å². The Morgan fingerprint density at radius 3 is 2.29 bits per heavy atom. The fourth-order valence-corrected chi connectivity index (χ4v) is 9.33. The van der Waals surface area contributed by atoms with Gasteiger partial charge in [0, 0.05) is 30.3 Å². The van der Waals surface area contributed by atoms with E-state index >= 15 is 0 Å². The minimum atomic E-state index is -1.39. The molecule has 1 spiro atoms. The van der Waals surface area contributed by atoms with E-state index in [4.69, 9.17) is 23.7 Å². The highest BCUT2D eigenvalue weighted by molar-refractivity contribution is 5.96. The van der Waals surface area contributed by atoms with Gasteiger partial charge < -0.3 is 28.8 Å². The van der Waals surface area contributed by atoms with Crippen LogP contribution >= 0.6 is 0 Å². The number of rotatable bonds is 2. The van der Waals surface area contributed by atoms with E-state index in [-0.39, 0.29) is 29.6 Å². The highest BCUT2D eigenvalue weighted by Crippen LogP contribution is 2.79. The molecule has 6 aliphatic rings. The quantitative estimate of drug-likeness (QED) is 0.458. The highest BCUT2D eigenvalue weighted by atomic mass is 16.7. The number of esters is 2. The summed E-state index contributed by atoms with van der Waals surface area (Å²) in [6, 6.07) is 0. The zero-order chi connectivity index (χ0) is 25.6. The molecule has 2 aliphatic carbocycles. The van der Waals surface area contributed by atoms with E-state index in [2.05, 4.69) is 6.92 Å². The van der Waals surface area contributed by atoms with Crippen LogP contribution in [0.5, 0.6) is 0 Å². The van der Waals surface area contributed by atoms with Crippen molar-refractivity contribution < 1.29 is 43.2 Å². The molecule has 10 atom stereocenters. The molecule has 0 radical (unpaired) electrons. The maximum Gasteiger partial charge on any atom is 0.340 e. The van der Waals surface area contributed by atoms with Crippen molar-refractivity contribution in [3.63, 3.8) is 0 Å². The summed E-state index contributed by atoms with van der Waals surface area (Å²) < 4.78 is 29.6. The van der Waals surface area contributed by atoms with Crippen LogP contribution in [-0.2, 0) is 38.1 Å². The van der Waals surface area contributed by atoms with Gasteiger partial charge in [-0.2, -0.15) is 0 Å². The summed E-state index contributed by atoms with van der Waals surface area (Å²) in [4.78, 5) is 39.9. The maximum absolute atomic E-state index is 14.2. The maximum atomic E-state index is 14.2. The van der Waals surface area contributed by atoms with E-state index in [0.29, 0.717) is 12.8 Å². The van der Waals surface area contributed by atoms with Gasteiger partial charge in [-0.25, -0.2) is 9.59 Å². The Bertz CT molecular complexity index is 1100. The average Bonchev–Trinajstić information content (AvgIpc) is 3.43. The summed E-state index contributed by atoms with van der Waals surface area (Å²) in [5.74, 6) is -2.52. The van der Waals surface area contributed by atoms with Crippen LogP contribution in [0.1, 0.15) is 60.8 Å². The Morgan fingerprint density at radius 2 is 1.69 bits per heavy atom. The first-order valence-electron chi connectivity index (χ1n) is 12.4. The topological polar surface area (TPSA) is 121 Å². The Labute approximate surface area is 204 Å². The van der Waals surface area contributed by atoms with E-state index in [1.54, 1.807) is 7.11 Å². The Hall–Kier alpha value is -1.81. The van der Waals surface area contributed by atoms with Crippen LogP contribution in [0.25, 0.3) is 0 Å². The minimum absolute atomic E-state index is 0.0342. The fourth-order valence-electron chi connectivity index (χ4n) is 9.33. The second-order valence-electron chi connectivity index (χ2n) is 12.5. The summed E-state index contributed by atoms with van der Waals surface area (Å²) >= 11 is 0. The molecule has 5 fully saturated rings. The second kappa shape index (κ2) is 6.36. The van der Waals surface area contributed by atoms with E-state index in [0.717, 1.165) is 0 Å². The molecule has 0 aromatic heterocycles. The van der Waals surface area contributed by atoms with Crippen molar-refractivity contribution >= 4 is 17.7 Å². The molecular formula is C26H34O9. The third-order valence-corrected chi connectivity index (χ3v) is 11.1. The third kappa shape index (κ3) is 2.29. The molecule has 0 amide bonds. The predicted molar refractivity (Wildman–Crippen MR) is 118 cm³/mol. The molecule has 4 heterocycles. The molecule has 10 unspecified atom stereocenters. The molecular weight excluding hydrogens is 456 g/mol. The number of carbonyl (C=O) groups is 3. The SMILES string of the molecule is COC1(C)OC(C)(C)C2CC(=O)C3(C)C(CCC4(C)C(C5=CC(O)OC5=O)OC(=O)C5OC543)C21C. The first kappa shape index (κ1) is 23.6. The monoisotopic (exact) mass is 490 g/mol. The van der Waals surface area contributed by atoms with Crippen LogP contribution in [-0.4, -0.2) is 65.4 Å². The van der Waals surface area contributed by atoms with Crippen molar-refractivity contribution in [1.29, 1.82) is 0 Å². The highest BCUT2D eigenvalue weighted by Gasteiger charge is 2.90. The number of hydrogen-bond acceptors (Lipinski definition) is 9. The lowest BCUT2D eigenvalue weighted by molar-refractivity contribution is -0.284. The number of aliphatic hydroxyl groups is 1. The molecule has 0 bridgehead atoms. The number of cyclic esters (lactones) is 2. The van der Waals surface area contributed by atoms with E-state index in [9.17, 15) is 19.5 Å². The molecule has 192 valence electrons. The number of Topliss-reactive ketones (excluding diaryl/α,β-unsaturated/α-hetero) is 1. The zero-order valence-electron chi connectivity index (χ0n) is 21.3. The van der Waals surface area contributed by atoms with Gasteiger partial charge in [0.25, 0.3) is 0 Å². The standard InChI is InChI=1S/C26H34O9/c1-21(2)14-11-15(27)24(5)13(23(14,4)25(6,31-7)35-21)8-9-22(3)17(12-10-16(28)32-19(12)29)33-20(30)18-26(22,24)34-18/h10,13-14,16-18,28H,8-9,11H2,1-7H3. The van der Waals surface area contributed by atoms with Crippen LogP contribution in [0, 0.1) is 28.1 Å². The van der Waals surface area contributed by atoms with Gasteiger partial charge in [0.1, 0.15) is 17.5 Å². The Morgan fingerprint density at radius 1 is 1.00 bits per heavy atom. The Kier molecular flexibility index (Phi) is 4.28. The molecule has 0 aromatic carbocycles.